The number of amides is 2. The van der Waals surface area contributed by atoms with Gasteiger partial charge in [-0.3, -0.25) is 14.5 Å². The van der Waals surface area contributed by atoms with Gasteiger partial charge < -0.3 is 10.6 Å². The molecule has 0 spiro atoms. The van der Waals surface area contributed by atoms with E-state index in [1.165, 1.54) is 18.3 Å². The van der Waals surface area contributed by atoms with Gasteiger partial charge in [-0.15, -0.1) is 11.3 Å². The number of anilines is 2. The van der Waals surface area contributed by atoms with E-state index >= 15 is 0 Å². The van der Waals surface area contributed by atoms with Crippen molar-refractivity contribution in [2.75, 3.05) is 24.2 Å². The van der Waals surface area contributed by atoms with Gasteiger partial charge in [0, 0.05) is 29.7 Å². The lowest BCUT2D eigenvalue weighted by Crippen LogP contribution is -2.29. The Morgan fingerprint density at radius 3 is 2.22 bits per heavy atom. The minimum Gasteiger partial charge on any atom is -0.326 e. The molecule has 0 radical (unpaired) electrons. The number of nitrogens with zero attached hydrogens (tertiary/aromatic N) is 1. The van der Waals surface area contributed by atoms with Crippen molar-refractivity contribution in [1.29, 1.82) is 0 Å². The molecule has 5 nitrogen and oxygen atoms in total. The molecule has 2 aromatic rings. The summed E-state index contributed by atoms with van der Waals surface area (Å²) in [5, 5.41) is 5.51. The van der Waals surface area contributed by atoms with E-state index in [2.05, 4.69) is 10.6 Å². The van der Waals surface area contributed by atoms with Crippen molar-refractivity contribution in [2.24, 2.45) is 0 Å². The number of rotatable bonds is 6. The second-order valence-electron chi connectivity index (χ2n) is 5.18. The third kappa shape index (κ3) is 6.02. The van der Waals surface area contributed by atoms with Gasteiger partial charge in [0.2, 0.25) is 11.8 Å². The van der Waals surface area contributed by atoms with Crippen LogP contribution in [0.25, 0.3) is 0 Å². The lowest BCUT2D eigenvalue weighted by molar-refractivity contribution is -0.117. The third-order valence-corrected chi connectivity index (χ3v) is 4.17. The van der Waals surface area contributed by atoms with Gasteiger partial charge in [0.25, 0.3) is 0 Å². The predicted octanol–water partition coefficient (Wildman–Crippen LogP) is 3.43. The Bertz CT molecular complexity index is 685. The summed E-state index contributed by atoms with van der Waals surface area (Å²) >= 11 is 7.41. The number of hydrogen-bond acceptors (Lipinski definition) is 4. The second kappa shape index (κ2) is 8.10. The summed E-state index contributed by atoms with van der Waals surface area (Å²) in [5.74, 6) is -0.223. The van der Waals surface area contributed by atoms with Gasteiger partial charge in [-0.2, -0.15) is 0 Å². The van der Waals surface area contributed by atoms with Crippen molar-refractivity contribution >= 4 is 46.1 Å². The lowest BCUT2D eigenvalue weighted by atomic mass is 10.2. The summed E-state index contributed by atoms with van der Waals surface area (Å²) in [5.41, 5.74) is 1.39. The first-order chi connectivity index (χ1) is 10.9. The van der Waals surface area contributed by atoms with Gasteiger partial charge in [0.05, 0.1) is 10.9 Å². The molecule has 0 fully saturated rings. The van der Waals surface area contributed by atoms with E-state index in [0.29, 0.717) is 17.9 Å². The van der Waals surface area contributed by atoms with Crippen LogP contribution in [-0.2, 0) is 16.1 Å². The Labute approximate surface area is 144 Å². The maximum absolute atomic E-state index is 12.0. The van der Waals surface area contributed by atoms with Crippen molar-refractivity contribution in [3.05, 3.63) is 45.6 Å². The highest BCUT2D eigenvalue weighted by Gasteiger charge is 2.09. The second-order valence-corrected chi connectivity index (χ2v) is 6.98. The minimum absolute atomic E-state index is 0.0950. The van der Waals surface area contributed by atoms with Crippen LogP contribution in [0.3, 0.4) is 0 Å². The van der Waals surface area contributed by atoms with Crippen LogP contribution in [0.4, 0.5) is 11.4 Å². The van der Waals surface area contributed by atoms with Crippen LogP contribution in [0.2, 0.25) is 4.34 Å². The number of carbonyl (C=O) groups is 2. The molecule has 2 amide bonds. The maximum atomic E-state index is 12.0. The zero-order valence-corrected chi connectivity index (χ0v) is 14.5. The van der Waals surface area contributed by atoms with E-state index in [1.807, 2.05) is 24.1 Å². The smallest absolute Gasteiger partial charge is 0.238 e. The van der Waals surface area contributed by atoms with Crippen molar-refractivity contribution in [3.63, 3.8) is 0 Å². The number of hydrogen-bond donors (Lipinski definition) is 2. The van der Waals surface area contributed by atoms with Gasteiger partial charge in [0.15, 0.2) is 0 Å². The molecule has 2 rings (SSSR count). The number of benzene rings is 1. The Morgan fingerprint density at radius 2 is 1.70 bits per heavy atom. The number of nitrogens with one attached hydrogen (secondary N) is 2. The highest BCUT2D eigenvalue weighted by atomic mass is 35.5. The Kier molecular flexibility index (Phi) is 6.15. The van der Waals surface area contributed by atoms with Gasteiger partial charge in [-0.25, -0.2) is 0 Å². The van der Waals surface area contributed by atoms with E-state index in [0.717, 1.165) is 9.21 Å². The van der Waals surface area contributed by atoms with Gasteiger partial charge in [0.1, 0.15) is 0 Å². The average Bonchev–Trinajstić information content (AvgIpc) is 2.85. The molecule has 0 bridgehead atoms. The topological polar surface area (TPSA) is 61.4 Å². The molecule has 0 saturated carbocycles. The molecule has 0 saturated heterocycles. The van der Waals surface area contributed by atoms with Crippen molar-refractivity contribution in [2.45, 2.75) is 13.5 Å². The highest BCUT2D eigenvalue weighted by Crippen LogP contribution is 2.22. The van der Waals surface area contributed by atoms with Crippen LogP contribution >= 0.6 is 22.9 Å². The zero-order chi connectivity index (χ0) is 16.8. The normalized spacial score (nSPS) is 10.6. The number of thiophene rings is 1. The summed E-state index contributed by atoms with van der Waals surface area (Å²) in [4.78, 5) is 26.0. The highest BCUT2D eigenvalue weighted by molar-refractivity contribution is 7.16. The monoisotopic (exact) mass is 351 g/mol. The predicted molar refractivity (Wildman–Crippen MR) is 95.0 cm³/mol. The average molecular weight is 352 g/mol. The first-order valence-corrected chi connectivity index (χ1v) is 8.22. The van der Waals surface area contributed by atoms with E-state index in [4.69, 9.17) is 11.6 Å². The van der Waals surface area contributed by atoms with E-state index in [9.17, 15) is 9.59 Å². The Hall–Kier alpha value is -1.89. The molecule has 1 heterocycles. The van der Waals surface area contributed by atoms with Crippen molar-refractivity contribution in [1.82, 2.24) is 4.90 Å². The fourth-order valence-electron chi connectivity index (χ4n) is 2.04. The Balaban J connectivity index is 1.82. The van der Waals surface area contributed by atoms with Gasteiger partial charge in [-0.05, 0) is 43.4 Å². The summed E-state index contributed by atoms with van der Waals surface area (Å²) in [6.07, 6.45) is 0. The molecule has 1 aromatic heterocycles. The lowest BCUT2D eigenvalue weighted by Gasteiger charge is -2.15. The molecule has 122 valence electrons. The molecule has 2 N–H and O–H groups in total. The van der Waals surface area contributed by atoms with Crippen LogP contribution in [0.1, 0.15) is 11.8 Å². The number of likely N-dealkylation sites (N-methyl/N-ethyl adjacent to an activating group) is 1. The van der Waals surface area contributed by atoms with E-state index < -0.39 is 0 Å². The molecular weight excluding hydrogens is 334 g/mol. The summed E-state index contributed by atoms with van der Waals surface area (Å²) < 4.78 is 0.747. The molecule has 0 aliphatic rings. The molecule has 0 aliphatic carbocycles. The molecule has 0 atom stereocenters. The molecular formula is C16H18ClN3O2S. The molecule has 1 aromatic carbocycles. The molecule has 23 heavy (non-hydrogen) atoms. The maximum Gasteiger partial charge on any atom is 0.238 e. The van der Waals surface area contributed by atoms with Crippen LogP contribution in [-0.4, -0.2) is 30.3 Å². The van der Waals surface area contributed by atoms with Crippen LogP contribution in [0.15, 0.2) is 36.4 Å². The van der Waals surface area contributed by atoms with Crippen molar-refractivity contribution < 1.29 is 9.59 Å². The Morgan fingerprint density at radius 1 is 1.09 bits per heavy atom. The number of halogens is 1. The summed E-state index contributed by atoms with van der Waals surface area (Å²) in [7, 11) is 1.88. The summed E-state index contributed by atoms with van der Waals surface area (Å²) in [6, 6.07) is 10.8. The summed E-state index contributed by atoms with van der Waals surface area (Å²) in [6.45, 7) is 2.40. The van der Waals surface area contributed by atoms with Gasteiger partial charge in [-0.1, -0.05) is 11.6 Å². The molecule has 0 unspecified atom stereocenters. The van der Waals surface area contributed by atoms with Crippen LogP contribution < -0.4 is 10.6 Å². The SMILES string of the molecule is CC(=O)Nc1ccc(NC(=O)CN(C)Cc2ccc(Cl)s2)cc1. The fraction of sp³-hybridized carbons (Fsp3) is 0.250. The number of carbonyl (C=O) groups excluding carboxylic acids is 2. The third-order valence-electron chi connectivity index (χ3n) is 2.96. The largest absolute Gasteiger partial charge is 0.326 e. The first-order valence-electron chi connectivity index (χ1n) is 7.02. The zero-order valence-electron chi connectivity index (χ0n) is 12.9. The standard InChI is InChI=1S/C16H18ClN3O2S/c1-11(21)18-12-3-5-13(6-4-12)19-16(22)10-20(2)9-14-7-8-15(17)23-14/h3-8H,9-10H2,1-2H3,(H,18,21)(H,19,22). The first kappa shape index (κ1) is 17.5. The van der Waals surface area contributed by atoms with Crippen molar-refractivity contribution in [3.8, 4) is 0 Å². The molecule has 7 heteroatoms. The van der Waals surface area contributed by atoms with Gasteiger partial charge >= 0.3 is 0 Å². The minimum atomic E-state index is -0.128. The van der Waals surface area contributed by atoms with E-state index in [1.54, 1.807) is 24.3 Å². The molecule has 0 aliphatic heterocycles. The quantitative estimate of drug-likeness (QED) is 0.838. The van der Waals surface area contributed by atoms with E-state index in [-0.39, 0.29) is 18.4 Å². The fourth-order valence-corrected chi connectivity index (χ4v) is 3.21. The van der Waals surface area contributed by atoms with Crippen LogP contribution in [0, 0.1) is 0 Å². The van der Waals surface area contributed by atoms with Crippen LogP contribution in [0.5, 0.6) is 0 Å².